The number of carbonyl (C=O) groups excluding carboxylic acids is 1. The quantitative estimate of drug-likeness (QED) is 0.638. The molecule has 3 N–H and O–H groups in total. The summed E-state index contributed by atoms with van der Waals surface area (Å²) in [6.45, 7) is 4.11. The van der Waals surface area contributed by atoms with Crippen molar-refractivity contribution in [3.05, 3.63) is 11.8 Å². The van der Waals surface area contributed by atoms with E-state index in [4.69, 9.17) is 0 Å². The van der Waals surface area contributed by atoms with Gasteiger partial charge in [0, 0.05) is 31.6 Å². The number of hydrogen-bond acceptors (Lipinski definition) is 7. The highest BCUT2D eigenvalue weighted by molar-refractivity contribution is 5.81. The third-order valence-electron chi connectivity index (χ3n) is 6.93. The fraction of sp³-hybridized carbons (Fsp3) is 0.739. The molecule has 1 heterocycles. The van der Waals surface area contributed by atoms with Gasteiger partial charge in [0.05, 0.1) is 12.3 Å². The molecule has 1 aromatic heterocycles. The Hall–Kier alpha value is -2.40. The third kappa shape index (κ3) is 5.65. The zero-order valence-corrected chi connectivity index (χ0v) is 19.2. The Morgan fingerprint density at radius 2 is 1.87 bits per heavy atom. The first-order chi connectivity index (χ1) is 14.7. The molecule has 0 spiro atoms. The summed E-state index contributed by atoms with van der Waals surface area (Å²) in [4.78, 5) is 23.2. The maximum atomic E-state index is 12.6. The van der Waals surface area contributed by atoms with Crippen LogP contribution in [0, 0.1) is 22.7 Å². The minimum absolute atomic E-state index is 0.116. The molecule has 0 bridgehead atoms. The van der Waals surface area contributed by atoms with E-state index >= 15 is 0 Å². The first-order valence-electron chi connectivity index (χ1n) is 11.4. The summed E-state index contributed by atoms with van der Waals surface area (Å²) < 4.78 is 0. The molecule has 8 heteroatoms. The van der Waals surface area contributed by atoms with Crippen molar-refractivity contribution < 1.29 is 9.90 Å². The second-order valence-corrected chi connectivity index (χ2v) is 9.84. The van der Waals surface area contributed by atoms with Gasteiger partial charge in [-0.25, -0.2) is 4.98 Å². The number of nitrogens with one attached hydrogen (secondary N) is 2. The van der Waals surface area contributed by atoms with Crippen molar-refractivity contribution in [3.8, 4) is 6.07 Å². The van der Waals surface area contributed by atoms with E-state index in [1.54, 1.807) is 11.1 Å². The van der Waals surface area contributed by atoms with Crippen LogP contribution in [0.5, 0.6) is 0 Å². The Morgan fingerprint density at radius 3 is 2.48 bits per heavy atom. The second kappa shape index (κ2) is 9.82. The fourth-order valence-corrected chi connectivity index (χ4v) is 5.02. The average molecular weight is 429 g/mol. The number of carbonyl (C=O) groups is 1. The predicted octanol–water partition coefficient (Wildman–Crippen LogP) is 3.15. The van der Waals surface area contributed by atoms with Gasteiger partial charge in [-0.3, -0.25) is 4.79 Å². The van der Waals surface area contributed by atoms with Gasteiger partial charge in [0.25, 0.3) is 0 Å². The van der Waals surface area contributed by atoms with Crippen molar-refractivity contribution in [2.24, 2.45) is 11.3 Å². The molecule has 2 aliphatic carbocycles. The molecule has 31 heavy (non-hydrogen) atoms. The van der Waals surface area contributed by atoms with Crippen LogP contribution in [0.2, 0.25) is 0 Å². The van der Waals surface area contributed by atoms with Crippen molar-refractivity contribution in [2.45, 2.75) is 83.4 Å². The van der Waals surface area contributed by atoms with Gasteiger partial charge in [0.2, 0.25) is 11.9 Å². The van der Waals surface area contributed by atoms with Crippen LogP contribution < -0.4 is 10.6 Å². The van der Waals surface area contributed by atoms with Gasteiger partial charge in [-0.15, -0.1) is 0 Å². The zero-order chi connectivity index (χ0) is 22.6. The molecule has 1 aromatic rings. The number of aliphatic hydroxyl groups excluding tert-OH is 1. The second-order valence-electron chi connectivity index (χ2n) is 9.84. The lowest BCUT2D eigenvalue weighted by Crippen LogP contribution is -2.43. The van der Waals surface area contributed by atoms with Crippen LogP contribution in [0.4, 0.5) is 11.8 Å². The van der Waals surface area contributed by atoms with Crippen LogP contribution in [0.3, 0.4) is 0 Å². The molecule has 2 aliphatic rings. The minimum atomic E-state index is -0.360. The Labute approximate surface area is 185 Å². The highest BCUT2D eigenvalue weighted by atomic mass is 16.3. The summed E-state index contributed by atoms with van der Waals surface area (Å²) in [5.74, 6) is 1.59. The van der Waals surface area contributed by atoms with Crippen molar-refractivity contribution in [2.75, 3.05) is 24.7 Å². The third-order valence-corrected chi connectivity index (χ3v) is 6.93. The average Bonchev–Trinajstić information content (AvgIpc) is 2.74. The van der Waals surface area contributed by atoms with E-state index in [9.17, 15) is 15.2 Å². The highest BCUT2D eigenvalue weighted by Gasteiger charge is 2.39. The van der Waals surface area contributed by atoms with Gasteiger partial charge >= 0.3 is 0 Å². The monoisotopic (exact) mass is 428 g/mol. The molecule has 2 fully saturated rings. The van der Waals surface area contributed by atoms with Crippen LogP contribution in [-0.4, -0.2) is 58.2 Å². The predicted molar refractivity (Wildman–Crippen MR) is 120 cm³/mol. The molecule has 0 aliphatic heterocycles. The summed E-state index contributed by atoms with van der Waals surface area (Å²) >= 11 is 0. The number of rotatable bonds is 6. The molecule has 2 atom stereocenters. The van der Waals surface area contributed by atoms with Gasteiger partial charge in [0.15, 0.2) is 0 Å². The molecular formula is C23H36N6O2. The smallest absolute Gasteiger partial charge is 0.227 e. The Balaban J connectivity index is 1.61. The van der Waals surface area contributed by atoms with Crippen molar-refractivity contribution in [3.63, 3.8) is 0 Å². The summed E-state index contributed by atoms with van der Waals surface area (Å²) in [7, 11) is 3.64. The van der Waals surface area contributed by atoms with E-state index < -0.39 is 0 Å². The van der Waals surface area contributed by atoms with Crippen LogP contribution in [-0.2, 0) is 4.79 Å². The maximum absolute atomic E-state index is 12.6. The lowest BCUT2D eigenvalue weighted by molar-refractivity contribution is -0.141. The number of aromatic nitrogens is 2. The van der Waals surface area contributed by atoms with Gasteiger partial charge < -0.3 is 20.6 Å². The number of nitriles is 1. The first-order valence-corrected chi connectivity index (χ1v) is 11.4. The standard InChI is InChI=1S/C23H36N6O2/c1-23(2,21(31)29(3)4)16-8-10-17(11-9-16)27-22-25-14-15(13-24)20(28-22)26-18-6-5-7-19(30)12-18/h14,16-19,30H,5-12H2,1-4H3,(H2,25,26,27,28)/t16?,17?,18-,19+/m1/s1. The minimum Gasteiger partial charge on any atom is -0.393 e. The summed E-state index contributed by atoms with van der Waals surface area (Å²) in [6.07, 6.45) is 8.55. The molecule has 2 saturated carbocycles. The topological polar surface area (TPSA) is 114 Å². The number of aliphatic hydroxyl groups is 1. The molecule has 0 aromatic carbocycles. The van der Waals surface area contributed by atoms with E-state index in [-0.39, 0.29) is 29.5 Å². The van der Waals surface area contributed by atoms with Crippen molar-refractivity contribution >= 4 is 17.7 Å². The van der Waals surface area contributed by atoms with E-state index in [2.05, 4.69) is 40.5 Å². The SMILES string of the molecule is CN(C)C(=O)C(C)(C)C1CCC(Nc2ncc(C#N)c(N[C@@H]3CCC[C@H](O)C3)n2)CC1. The highest BCUT2D eigenvalue weighted by Crippen LogP contribution is 2.40. The molecule has 3 rings (SSSR count). The largest absolute Gasteiger partial charge is 0.393 e. The normalized spacial score (nSPS) is 26.6. The lowest BCUT2D eigenvalue weighted by Gasteiger charge is -2.39. The maximum Gasteiger partial charge on any atom is 0.227 e. The van der Waals surface area contributed by atoms with E-state index in [1.165, 1.54) is 0 Å². The van der Waals surface area contributed by atoms with Crippen molar-refractivity contribution in [1.29, 1.82) is 5.26 Å². The number of amides is 1. The molecule has 1 amide bonds. The Morgan fingerprint density at radius 1 is 1.16 bits per heavy atom. The lowest BCUT2D eigenvalue weighted by atomic mass is 9.69. The summed E-state index contributed by atoms with van der Waals surface area (Å²) in [5, 5.41) is 26.1. The Bertz CT molecular complexity index is 811. The van der Waals surface area contributed by atoms with Crippen molar-refractivity contribution in [1.82, 2.24) is 14.9 Å². The number of anilines is 2. The van der Waals surface area contributed by atoms with Crippen LogP contribution in [0.25, 0.3) is 0 Å². The van der Waals surface area contributed by atoms with Crippen LogP contribution in [0.1, 0.15) is 70.8 Å². The van der Waals surface area contributed by atoms with E-state index in [1.807, 2.05) is 14.1 Å². The first kappa shape index (κ1) is 23.3. The Kier molecular flexibility index (Phi) is 7.37. The van der Waals surface area contributed by atoms with Gasteiger partial charge in [-0.1, -0.05) is 13.8 Å². The van der Waals surface area contributed by atoms with E-state index in [0.717, 1.165) is 44.9 Å². The molecule has 0 unspecified atom stereocenters. The zero-order valence-electron chi connectivity index (χ0n) is 19.2. The molecular weight excluding hydrogens is 392 g/mol. The number of nitrogens with zero attached hydrogens (tertiary/aromatic N) is 4. The van der Waals surface area contributed by atoms with Gasteiger partial charge in [-0.2, -0.15) is 10.2 Å². The molecule has 170 valence electrons. The van der Waals surface area contributed by atoms with Gasteiger partial charge in [0.1, 0.15) is 17.5 Å². The van der Waals surface area contributed by atoms with E-state index in [0.29, 0.717) is 29.7 Å². The fourth-order valence-electron chi connectivity index (χ4n) is 5.02. The summed E-state index contributed by atoms with van der Waals surface area (Å²) in [5.41, 5.74) is 0.0550. The molecule has 0 saturated heterocycles. The van der Waals surface area contributed by atoms with Crippen LogP contribution >= 0.6 is 0 Å². The number of hydrogen-bond donors (Lipinski definition) is 3. The van der Waals surface area contributed by atoms with Crippen LogP contribution in [0.15, 0.2) is 6.20 Å². The summed E-state index contributed by atoms with van der Waals surface area (Å²) in [6, 6.07) is 2.52. The van der Waals surface area contributed by atoms with Gasteiger partial charge in [-0.05, 0) is 57.3 Å². The molecule has 0 radical (unpaired) electrons. The molecule has 8 nitrogen and oxygen atoms in total.